The van der Waals surface area contributed by atoms with Gasteiger partial charge in [-0.25, -0.2) is 8.42 Å². The molecule has 0 unspecified atom stereocenters. The monoisotopic (exact) mass is 450 g/mol. The fraction of sp³-hybridized carbons (Fsp3) is 0.269. The number of rotatable bonds is 6. The quantitative estimate of drug-likeness (QED) is 0.519. The Morgan fingerprint density at radius 2 is 1.41 bits per heavy atom. The first-order chi connectivity index (χ1) is 15.0. The zero-order chi connectivity index (χ0) is 23.6. The molecule has 0 aliphatic rings. The summed E-state index contributed by atoms with van der Waals surface area (Å²) in [7, 11) is -3.76. The molecule has 2 N–H and O–H groups in total. The summed E-state index contributed by atoms with van der Waals surface area (Å²) < 4.78 is 28.2. The second-order valence-electron chi connectivity index (χ2n) is 8.44. The van der Waals surface area contributed by atoms with Crippen molar-refractivity contribution >= 4 is 21.6 Å². The molecule has 0 spiro atoms. The third kappa shape index (κ3) is 5.19. The minimum absolute atomic E-state index is 0.177. The molecule has 0 saturated heterocycles. The van der Waals surface area contributed by atoms with E-state index in [2.05, 4.69) is 36.0 Å². The molecule has 3 aromatic rings. The van der Waals surface area contributed by atoms with Gasteiger partial charge in [-0.1, -0.05) is 35.9 Å². The Labute approximate surface area is 190 Å². The van der Waals surface area contributed by atoms with Gasteiger partial charge in [-0.3, -0.25) is 9.52 Å². The van der Waals surface area contributed by atoms with E-state index < -0.39 is 10.0 Å². The highest BCUT2D eigenvalue weighted by Gasteiger charge is 2.18. The van der Waals surface area contributed by atoms with Crippen LogP contribution in [0.1, 0.15) is 56.7 Å². The Balaban J connectivity index is 1.82. The molecule has 5 nitrogen and oxygen atoms in total. The predicted octanol–water partition coefficient (Wildman–Crippen LogP) is 5.52. The maximum absolute atomic E-state index is 12.9. The van der Waals surface area contributed by atoms with E-state index in [0.29, 0.717) is 11.3 Å². The Bertz CT molecular complexity index is 1260. The van der Waals surface area contributed by atoms with E-state index in [-0.39, 0.29) is 16.8 Å². The molecule has 0 aromatic heterocycles. The Hall–Kier alpha value is -3.12. The van der Waals surface area contributed by atoms with Gasteiger partial charge >= 0.3 is 0 Å². The molecule has 3 aromatic carbocycles. The number of anilines is 1. The van der Waals surface area contributed by atoms with Crippen LogP contribution in [0.5, 0.6) is 0 Å². The van der Waals surface area contributed by atoms with Crippen LogP contribution in [0, 0.1) is 34.6 Å². The molecule has 32 heavy (non-hydrogen) atoms. The first kappa shape index (κ1) is 23.5. The summed E-state index contributed by atoms with van der Waals surface area (Å²) in [4.78, 5) is 13.1. The van der Waals surface area contributed by atoms with Crippen molar-refractivity contribution in [2.45, 2.75) is 52.5 Å². The van der Waals surface area contributed by atoms with E-state index in [0.717, 1.165) is 22.3 Å². The Kier molecular flexibility index (Phi) is 6.74. The summed E-state index contributed by atoms with van der Waals surface area (Å²) in [6.07, 6.45) is 0. The smallest absolute Gasteiger partial charge is 0.261 e. The molecule has 3 rings (SSSR count). The number of benzene rings is 3. The number of carbonyl (C=O) groups excluding carboxylic acids is 1. The third-order valence-corrected chi connectivity index (χ3v) is 7.15. The molecule has 0 saturated carbocycles. The summed E-state index contributed by atoms with van der Waals surface area (Å²) in [6.45, 7) is 11.8. The van der Waals surface area contributed by atoms with Crippen molar-refractivity contribution in [3.63, 3.8) is 0 Å². The fourth-order valence-electron chi connectivity index (χ4n) is 3.60. The average molecular weight is 451 g/mol. The van der Waals surface area contributed by atoms with Crippen molar-refractivity contribution in [1.82, 2.24) is 5.32 Å². The number of nitrogens with one attached hydrogen (secondary N) is 2. The molecular formula is C26H30N2O3S. The maximum Gasteiger partial charge on any atom is 0.261 e. The zero-order valence-electron chi connectivity index (χ0n) is 19.4. The summed E-state index contributed by atoms with van der Waals surface area (Å²) >= 11 is 0. The van der Waals surface area contributed by atoms with Gasteiger partial charge in [0.1, 0.15) is 0 Å². The molecule has 0 radical (unpaired) electrons. The standard InChI is InChI=1S/C26H30N2O3S/c1-16-7-11-23(12-8-16)32(30,31)28-25-15-22(10-9-17(25)2)26(29)27-21(6)24-14-19(4)18(3)13-20(24)5/h7-15,21,28H,1-6H3,(H,27,29)/t21-/m1/s1. The number of carbonyl (C=O) groups is 1. The van der Waals surface area contributed by atoms with E-state index in [9.17, 15) is 13.2 Å². The van der Waals surface area contributed by atoms with Gasteiger partial charge in [0.2, 0.25) is 0 Å². The van der Waals surface area contributed by atoms with Crippen molar-refractivity contribution in [3.8, 4) is 0 Å². The van der Waals surface area contributed by atoms with Gasteiger partial charge < -0.3 is 5.32 Å². The topological polar surface area (TPSA) is 75.3 Å². The Morgan fingerprint density at radius 1 is 0.781 bits per heavy atom. The molecule has 0 aliphatic carbocycles. The number of hydrogen-bond donors (Lipinski definition) is 2. The van der Waals surface area contributed by atoms with Crippen LogP contribution in [0.25, 0.3) is 0 Å². The first-order valence-corrected chi connectivity index (χ1v) is 12.0. The number of amides is 1. The lowest BCUT2D eigenvalue weighted by molar-refractivity contribution is 0.0940. The summed E-state index contributed by atoms with van der Waals surface area (Å²) in [5, 5.41) is 3.03. The highest BCUT2D eigenvalue weighted by molar-refractivity contribution is 7.92. The zero-order valence-corrected chi connectivity index (χ0v) is 20.2. The van der Waals surface area contributed by atoms with Gasteiger partial charge in [-0.05, 0) is 93.6 Å². The minimum Gasteiger partial charge on any atom is -0.346 e. The normalized spacial score (nSPS) is 12.3. The van der Waals surface area contributed by atoms with Gasteiger partial charge in [-0.15, -0.1) is 0 Å². The number of aryl methyl sites for hydroxylation is 5. The molecule has 168 valence electrons. The van der Waals surface area contributed by atoms with Crippen LogP contribution in [0.15, 0.2) is 59.5 Å². The van der Waals surface area contributed by atoms with Gasteiger partial charge in [-0.2, -0.15) is 0 Å². The SMILES string of the molecule is Cc1ccc(S(=O)(=O)Nc2cc(C(=O)N[C@H](C)c3cc(C)c(C)cc3C)ccc2C)cc1. The lowest BCUT2D eigenvalue weighted by Gasteiger charge is -2.19. The highest BCUT2D eigenvalue weighted by Crippen LogP contribution is 2.24. The summed E-state index contributed by atoms with van der Waals surface area (Å²) in [5.41, 5.74) is 7.06. The Morgan fingerprint density at radius 3 is 2.06 bits per heavy atom. The van der Waals surface area contributed by atoms with Gasteiger partial charge in [0.15, 0.2) is 0 Å². The van der Waals surface area contributed by atoms with Crippen molar-refractivity contribution in [2.24, 2.45) is 0 Å². The molecular weight excluding hydrogens is 420 g/mol. The lowest BCUT2D eigenvalue weighted by Crippen LogP contribution is -2.27. The minimum atomic E-state index is -3.76. The highest BCUT2D eigenvalue weighted by atomic mass is 32.2. The van der Waals surface area contributed by atoms with Gasteiger partial charge in [0.25, 0.3) is 15.9 Å². The molecule has 1 atom stereocenters. The van der Waals surface area contributed by atoms with Crippen LogP contribution in [0.3, 0.4) is 0 Å². The summed E-state index contributed by atoms with van der Waals surface area (Å²) in [5.74, 6) is -0.258. The van der Waals surface area contributed by atoms with Crippen molar-refractivity contribution in [2.75, 3.05) is 4.72 Å². The number of sulfonamides is 1. The fourth-order valence-corrected chi connectivity index (χ4v) is 4.72. The molecule has 0 heterocycles. The van der Waals surface area contributed by atoms with E-state index in [1.54, 1.807) is 49.4 Å². The van der Waals surface area contributed by atoms with E-state index in [1.807, 2.05) is 20.8 Å². The molecule has 0 fully saturated rings. The number of hydrogen-bond acceptors (Lipinski definition) is 3. The molecule has 6 heteroatoms. The third-order valence-electron chi connectivity index (χ3n) is 5.77. The second kappa shape index (κ2) is 9.17. The predicted molar refractivity (Wildman–Crippen MR) is 130 cm³/mol. The van der Waals surface area contributed by atoms with E-state index >= 15 is 0 Å². The average Bonchev–Trinajstić information content (AvgIpc) is 2.72. The van der Waals surface area contributed by atoms with E-state index in [1.165, 1.54) is 11.1 Å². The first-order valence-electron chi connectivity index (χ1n) is 10.6. The lowest BCUT2D eigenvalue weighted by atomic mass is 9.96. The second-order valence-corrected chi connectivity index (χ2v) is 10.1. The van der Waals surface area contributed by atoms with Gasteiger partial charge in [0.05, 0.1) is 16.6 Å². The summed E-state index contributed by atoms with van der Waals surface area (Å²) in [6, 6.07) is 15.7. The van der Waals surface area contributed by atoms with Crippen LogP contribution in [-0.2, 0) is 10.0 Å². The molecule has 0 aliphatic heterocycles. The molecule has 0 bridgehead atoms. The van der Waals surface area contributed by atoms with Crippen molar-refractivity contribution in [3.05, 3.63) is 93.5 Å². The van der Waals surface area contributed by atoms with Crippen molar-refractivity contribution in [1.29, 1.82) is 0 Å². The van der Waals surface area contributed by atoms with Crippen LogP contribution < -0.4 is 10.0 Å². The van der Waals surface area contributed by atoms with E-state index in [4.69, 9.17) is 0 Å². The van der Waals surface area contributed by atoms with Crippen LogP contribution in [-0.4, -0.2) is 14.3 Å². The van der Waals surface area contributed by atoms with Crippen LogP contribution >= 0.6 is 0 Å². The largest absolute Gasteiger partial charge is 0.346 e. The maximum atomic E-state index is 12.9. The van der Waals surface area contributed by atoms with Crippen molar-refractivity contribution < 1.29 is 13.2 Å². The van der Waals surface area contributed by atoms with Crippen LogP contribution in [0.4, 0.5) is 5.69 Å². The molecule has 1 amide bonds. The van der Waals surface area contributed by atoms with Gasteiger partial charge in [0, 0.05) is 5.56 Å². The van der Waals surface area contributed by atoms with Crippen LogP contribution in [0.2, 0.25) is 0 Å².